The molecule has 2 heterocycles. The normalized spacial score (nSPS) is 15.8. The van der Waals surface area contributed by atoms with Crippen LogP contribution in [-0.4, -0.2) is 41.8 Å². The zero-order valence-corrected chi connectivity index (χ0v) is 25.5. The Balaban J connectivity index is 1.67. The second kappa shape index (κ2) is 13.5. The second-order valence-corrected chi connectivity index (χ2v) is 11.2. The van der Waals surface area contributed by atoms with Crippen LogP contribution in [0.4, 0.5) is 0 Å². The lowest BCUT2D eigenvalue weighted by Gasteiger charge is -2.36. The highest BCUT2D eigenvalue weighted by Crippen LogP contribution is 2.38. The van der Waals surface area contributed by atoms with Crippen molar-refractivity contribution in [2.45, 2.75) is 72.0 Å². The lowest BCUT2D eigenvalue weighted by molar-refractivity contribution is 0.135. The van der Waals surface area contributed by atoms with E-state index in [-0.39, 0.29) is 0 Å². The van der Waals surface area contributed by atoms with Crippen molar-refractivity contribution in [1.29, 1.82) is 0 Å². The summed E-state index contributed by atoms with van der Waals surface area (Å²) in [5, 5.41) is 0. The minimum absolute atomic E-state index is 0.365. The molecule has 5 nitrogen and oxygen atoms in total. The molecule has 216 valence electrons. The van der Waals surface area contributed by atoms with Gasteiger partial charge in [0.15, 0.2) is 0 Å². The SMILES string of the molecule is CCc1cccc(CC)c1-c1nc(-c2ccc(C)cc2)c(CN2CCCCC2c2ccc(OC)cc2)n1CCOC. The van der Waals surface area contributed by atoms with Crippen LogP contribution < -0.4 is 4.74 Å². The molecular weight excluding hydrogens is 506 g/mol. The van der Waals surface area contributed by atoms with Gasteiger partial charge < -0.3 is 14.0 Å². The van der Waals surface area contributed by atoms with Gasteiger partial charge in [-0.05, 0) is 68.0 Å². The van der Waals surface area contributed by atoms with Crippen LogP contribution in [0.3, 0.4) is 0 Å². The Labute approximate surface area is 246 Å². The summed E-state index contributed by atoms with van der Waals surface area (Å²) in [5.41, 5.74) is 10.1. The van der Waals surface area contributed by atoms with Crippen molar-refractivity contribution in [2.24, 2.45) is 0 Å². The fourth-order valence-corrected chi connectivity index (χ4v) is 6.31. The van der Waals surface area contributed by atoms with Crippen LogP contribution in [0.25, 0.3) is 22.6 Å². The number of likely N-dealkylation sites (tertiary alicyclic amines) is 1. The number of benzene rings is 3. The number of rotatable bonds is 11. The molecule has 1 unspecified atom stereocenters. The molecule has 0 aliphatic carbocycles. The van der Waals surface area contributed by atoms with Gasteiger partial charge in [0, 0.05) is 37.4 Å². The van der Waals surface area contributed by atoms with E-state index in [1.54, 1.807) is 14.2 Å². The monoisotopic (exact) mass is 551 g/mol. The largest absolute Gasteiger partial charge is 0.497 e. The Morgan fingerprint density at radius 2 is 1.59 bits per heavy atom. The summed E-state index contributed by atoms with van der Waals surface area (Å²) in [4.78, 5) is 8.17. The maximum atomic E-state index is 5.66. The molecule has 0 amide bonds. The van der Waals surface area contributed by atoms with Crippen molar-refractivity contribution in [1.82, 2.24) is 14.5 Å². The van der Waals surface area contributed by atoms with Gasteiger partial charge >= 0.3 is 0 Å². The minimum Gasteiger partial charge on any atom is -0.497 e. The molecule has 0 radical (unpaired) electrons. The molecule has 1 aliphatic rings. The van der Waals surface area contributed by atoms with E-state index in [0.29, 0.717) is 12.6 Å². The maximum absolute atomic E-state index is 5.66. The van der Waals surface area contributed by atoms with E-state index in [2.05, 4.69) is 97.0 Å². The second-order valence-electron chi connectivity index (χ2n) is 11.2. The highest BCUT2D eigenvalue weighted by Gasteiger charge is 2.29. The van der Waals surface area contributed by atoms with Gasteiger partial charge in [-0.1, -0.05) is 80.4 Å². The molecule has 0 bridgehead atoms. The van der Waals surface area contributed by atoms with Crippen molar-refractivity contribution in [3.8, 4) is 28.4 Å². The van der Waals surface area contributed by atoms with E-state index < -0.39 is 0 Å². The Hall–Kier alpha value is -3.41. The van der Waals surface area contributed by atoms with Gasteiger partial charge in [0.2, 0.25) is 0 Å². The smallest absolute Gasteiger partial charge is 0.141 e. The average Bonchev–Trinajstić information content (AvgIpc) is 3.37. The lowest BCUT2D eigenvalue weighted by Crippen LogP contribution is -2.34. The fraction of sp³-hybridized carbons (Fsp3) is 0.417. The number of nitrogens with zero attached hydrogens (tertiary/aromatic N) is 3. The van der Waals surface area contributed by atoms with Crippen molar-refractivity contribution >= 4 is 0 Å². The van der Waals surface area contributed by atoms with E-state index >= 15 is 0 Å². The van der Waals surface area contributed by atoms with E-state index in [9.17, 15) is 0 Å². The predicted molar refractivity (Wildman–Crippen MR) is 168 cm³/mol. The maximum Gasteiger partial charge on any atom is 0.141 e. The Morgan fingerprint density at radius 3 is 2.22 bits per heavy atom. The van der Waals surface area contributed by atoms with E-state index in [4.69, 9.17) is 14.5 Å². The molecule has 41 heavy (non-hydrogen) atoms. The molecule has 1 aliphatic heterocycles. The van der Waals surface area contributed by atoms with Crippen molar-refractivity contribution in [3.05, 3.63) is 94.7 Å². The van der Waals surface area contributed by atoms with E-state index in [1.165, 1.54) is 51.9 Å². The molecule has 0 N–H and O–H groups in total. The van der Waals surface area contributed by atoms with Crippen molar-refractivity contribution in [2.75, 3.05) is 27.4 Å². The van der Waals surface area contributed by atoms with E-state index in [1.807, 2.05) is 0 Å². The first kappa shape index (κ1) is 29.1. The molecule has 1 aromatic heterocycles. The number of piperidine rings is 1. The summed E-state index contributed by atoms with van der Waals surface area (Å²) in [6, 6.07) is 24.6. The first-order chi connectivity index (χ1) is 20.1. The van der Waals surface area contributed by atoms with Crippen LogP contribution in [0.1, 0.15) is 67.1 Å². The van der Waals surface area contributed by atoms with Gasteiger partial charge in [0.1, 0.15) is 11.6 Å². The van der Waals surface area contributed by atoms with Gasteiger partial charge in [-0.15, -0.1) is 0 Å². The van der Waals surface area contributed by atoms with Gasteiger partial charge in [0.05, 0.1) is 25.1 Å². The topological polar surface area (TPSA) is 39.5 Å². The standard InChI is InChI=1S/C36H45N3O2/c1-6-27-11-10-12-28(7-2)34(27)36-37-35(30-16-14-26(3)15-17-30)33(39(36)23-24-40-4)25-38-22-9-8-13-32(38)29-18-20-31(41-5)21-19-29/h10-12,14-21,32H,6-9,13,22-25H2,1-5H3. The minimum atomic E-state index is 0.365. The molecule has 5 rings (SSSR count). The highest BCUT2D eigenvalue weighted by atomic mass is 16.5. The molecule has 0 spiro atoms. The summed E-state index contributed by atoms with van der Waals surface area (Å²) in [6.07, 6.45) is 5.56. The summed E-state index contributed by atoms with van der Waals surface area (Å²) in [6.45, 7) is 9.95. The van der Waals surface area contributed by atoms with Crippen LogP contribution in [0.2, 0.25) is 0 Å². The summed E-state index contributed by atoms with van der Waals surface area (Å²) in [7, 11) is 3.52. The Kier molecular flexibility index (Phi) is 9.58. The van der Waals surface area contributed by atoms with Gasteiger partial charge in [0.25, 0.3) is 0 Å². The third kappa shape index (κ3) is 6.27. The summed E-state index contributed by atoms with van der Waals surface area (Å²) in [5.74, 6) is 1.97. The predicted octanol–water partition coefficient (Wildman–Crippen LogP) is 8.03. The van der Waals surface area contributed by atoms with Crippen molar-refractivity contribution < 1.29 is 9.47 Å². The number of hydrogen-bond donors (Lipinski definition) is 0. The number of aromatic nitrogens is 2. The average molecular weight is 552 g/mol. The lowest BCUT2D eigenvalue weighted by atomic mass is 9.94. The van der Waals surface area contributed by atoms with Crippen LogP contribution in [0.15, 0.2) is 66.7 Å². The molecule has 1 atom stereocenters. The first-order valence-electron chi connectivity index (χ1n) is 15.2. The molecule has 4 aromatic rings. The van der Waals surface area contributed by atoms with Gasteiger partial charge in [-0.25, -0.2) is 4.98 Å². The summed E-state index contributed by atoms with van der Waals surface area (Å²) < 4.78 is 13.6. The third-order valence-electron chi connectivity index (χ3n) is 8.61. The van der Waals surface area contributed by atoms with E-state index in [0.717, 1.165) is 56.2 Å². The van der Waals surface area contributed by atoms with Crippen LogP contribution in [0, 0.1) is 6.92 Å². The highest BCUT2D eigenvalue weighted by molar-refractivity contribution is 5.72. The number of ether oxygens (including phenoxy) is 2. The van der Waals surface area contributed by atoms with Gasteiger partial charge in [-0.3, -0.25) is 4.90 Å². The molecule has 0 saturated carbocycles. The van der Waals surface area contributed by atoms with Crippen LogP contribution in [0.5, 0.6) is 5.75 Å². The van der Waals surface area contributed by atoms with Crippen LogP contribution in [-0.2, 0) is 30.7 Å². The Morgan fingerprint density at radius 1 is 0.878 bits per heavy atom. The molecule has 5 heteroatoms. The zero-order chi connectivity index (χ0) is 28.8. The third-order valence-corrected chi connectivity index (χ3v) is 8.61. The number of methoxy groups -OCH3 is 2. The number of hydrogen-bond acceptors (Lipinski definition) is 4. The van der Waals surface area contributed by atoms with Crippen LogP contribution >= 0.6 is 0 Å². The first-order valence-corrected chi connectivity index (χ1v) is 15.2. The number of aryl methyl sites for hydroxylation is 3. The van der Waals surface area contributed by atoms with Crippen molar-refractivity contribution in [3.63, 3.8) is 0 Å². The van der Waals surface area contributed by atoms with Gasteiger partial charge in [-0.2, -0.15) is 0 Å². The molecule has 1 saturated heterocycles. The quantitative estimate of drug-likeness (QED) is 0.189. The zero-order valence-electron chi connectivity index (χ0n) is 25.5. The number of imidazole rings is 1. The summed E-state index contributed by atoms with van der Waals surface area (Å²) >= 11 is 0. The molecule has 3 aromatic carbocycles. The molecule has 1 fully saturated rings. The fourth-order valence-electron chi connectivity index (χ4n) is 6.31. The molecular formula is C36H45N3O2. The Bertz CT molecular complexity index is 1400.